The van der Waals surface area contributed by atoms with Crippen molar-refractivity contribution in [1.82, 2.24) is 24.6 Å². The third kappa shape index (κ3) is 3.87. The molecule has 7 nitrogen and oxygen atoms in total. The van der Waals surface area contributed by atoms with Crippen molar-refractivity contribution in [2.75, 3.05) is 11.2 Å². The van der Waals surface area contributed by atoms with E-state index in [1.54, 1.807) is 9.42 Å². The van der Waals surface area contributed by atoms with Gasteiger partial charge in [-0.3, -0.25) is 9.69 Å². The zero-order chi connectivity index (χ0) is 23.1. The van der Waals surface area contributed by atoms with Gasteiger partial charge < -0.3 is 0 Å². The monoisotopic (exact) mass is 474 g/mol. The second kappa shape index (κ2) is 8.57. The number of para-hydroxylation sites is 2. The Labute approximate surface area is 199 Å². The second-order valence-electron chi connectivity index (χ2n) is 7.73. The second-order valence-corrected chi connectivity index (χ2v) is 9.51. The largest absolute Gasteiger partial charge is 0.274 e. The van der Waals surface area contributed by atoms with Crippen LogP contribution in [0.2, 0.25) is 0 Å². The molecule has 3 aromatic heterocycles. The molecule has 1 amide bonds. The lowest BCUT2D eigenvalue weighted by Crippen LogP contribution is -2.29. The molecule has 2 aromatic carbocycles. The number of thioether (sulfide) groups is 1. The van der Waals surface area contributed by atoms with Crippen LogP contribution in [0.3, 0.4) is 0 Å². The molecule has 0 fully saturated rings. The number of benzene rings is 2. The minimum atomic E-state index is -0.0686. The lowest BCUT2D eigenvalue weighted by Gasteiger charge is -2.22. The summed E-state index contributed by atoms with van der Waals surface area (Å²) >= 11 is 2.98. The fourth-order valence-corrected chi connectivity index (χ4v) is 5.21. The average molecular weight is 475 g/mol. The molecule has 0 aliphatic carbocycles. The molecule has 3 heterocycles. The molecular weight excluding hydrogens is 452 g/mol. The maximum atomic E-state index is 13.9. The van der Waals surface area contributed by atoms with Crippen molar-refractivity contribution in [1.29, 1.82) is 0 Å². The van der Waals surface area contributed by atoms with Crippen LogP contribution in [-0.4, -0.2) is 36.7 Å². The number of anilines is 2. The topological polar surface area (TPSA) is 76.3 Å². The highest BCUT2D eigenvalue weighted by molar-refractivity contribution is 7.98. The third-order valence-corrected chi connectivity index (χ3v) is 7.18. The number of rotatable bonds is 5. The Kier molecular flexibility index (Phi) is 5.59. The normalized spacial score (nSPS) is 11.4. The maximum Gasteiger partial charge on any atom is 0.253 e. The molecule has 0 atom stereocenters. The number of aryl methyl sites for hydroxylation is 3. The van der Waals surface area contributed by atoms with Gasteiger partial charge >= 0.3 is 0 Å². The first kappa shape index (κ1) is 21.5. The zero-order valence-corrected chi connectivity index (χ0v) is 20.4. The number of carbonyl (C=O) groups excluding carboxylic acids is 1. The number of fused-ring (bicyclic) bond motifs is 2. The van der Waals surface area contributed by atoms with Crippen LogP contribution >= 0.6 is 23.1 Å². The van der Waals surface area contributed by atoms with Crippen molar-refractivity contribution in [3.63, 3.8) is 0 Å². The van der Waals surface area contributed by atoms with Crippen LogP contribution in [0.15, 0.2) is 53.7 Å². The molecule has 5 aromatic rings. The average Bonchev–Trinajstić information content (AvgIpc) is 3.42. The highest BCUT2D eigenvalue weighted by atomic mass is 32.2. The number of amides is 1. The van der Waals surface area contributed by atoms with Gasteiger partial charge in [0.15, 0.2) is 5.13 Å². The van der Waals surface area contributed by atoms with Gasteiger partial charge in [0.2, 0.25) is 11.1 Å². The van der Waals surface area contributed by atoms with Gasteiger partial charge in [0, 0.05) is 17.0 Å². The van der Waals surface area contributed by atoms with Crippen molar-refractivity contribution in [2.45, 2.75) is 32.3 Å². The number of hydrogen-bond acceptors (Lipinski definition) is 7. The first-order valence-corrected chi connectivity index (χ1v) is 12.5. The summed E-state index contributed by atoms with van der Waals surface area (Å²) in [7, 11) is 0. The SMILES string of the molecule is CSc1nc2nc(C)c(CC(=O)N(c3nc4ccccc4s3)c3ccccc3C)c(C)n2n1. The molecule has 0 saturated heterocycles. The van der Waals surface area contributed by atoms with E-state index in [0.29, 0.717) is 16.1 Å². The molecular formula is C24H22N6OS2. The van der Waals surface area contributed by atoms with Gasteiger partial charge in [-0.15, -0.1) is 5.10 Å². The van der Waals surface area contributed by atoms with Gasteiger partial charge in [0.1, 0.15) is 0 Å². The Morgan fingerprint density at radius 2 is 1.79 bits per heavy atom. The molecule has 0 bridgehead atoms. The molecule has 0 unspecified atom stereocenters. The summed E-state index contributed by atoms with van der Waals surface area (Å²) in [4.78, 5) is 29.4. The van der Waals surface area contributed by atoms with Crippen LogP contribution in [0.25, 0.3) is 16.0 Å². The van der Waals surface area contributed by atoms with E-state index in [2.05, 4.69) is 15.1 Å². The molecule has 0 aliphatic heterocycles. The van der Waals surface area contributed by atoms with Gasteiger partial charge in [-0.05, 0) is 50.8 Å². The predicted octanol–water partition coefficient (Wildman–Crippen LogP) is 5.29. The molecule has 9 heteroatoms. The Balaban J connectivity index is 1.60. The van der Waals surface area contributed by atoms with Crippen LogP contribution in [0, 0.1) is 20.8 Å². The summed E-state index contributed by atoms with van der Waals surface area (Å²) in [5.74, 6) is 0.480. The Bertz CT molecular complexity index is 1470. The first-order valence-electron chi connectivity index (χ1n) is 10.5. The van der Waals surface area contributed by atoms with E-state index < -0.39 is 0 Å². The van der Waals surface area contributed by atoms with Gasteiger partial charge in [0.05, 0.1) is 22.3 Å². The van der Waals surface area contributed by atoms with E-state index >= 15 is 0 Å². The van der Waals surface area contributed by atoms with E-state index in [0.717, 1.165) is 38.4 Å². The van der Waals surface area contributed by atoms with Crippen LogP contribution in [0.5, 0.6) is 0 Å². The van der Waals surface area contributed by atoms with Crippen molar-refractivity contribution < 1.29 is 4.79 Å². The van der Waals surface area contributed by atoms with Crippen molar-refractivity contribution in [3.05, 3.63) is 71.0 Å². The number of thiazole rings is 1. The summed E-state index contributed by atoms with van der Waals surface area (Å²) in [6.45, 7) is 5.88. The quantitative estimate of drug-likeness (QED) is 0.322. The lowest BCUT2D eigenvalue weighted by molar-refractivity contribution is -0.117. The number of carbonyl (C=O) groups is 1. The van der Waals surface area contributed by atoms with E-state index in [1.165, 1.54) is 23.1 Å². The standard InChI is InChI=1S/C24H22N6OS2/c1-14-9-5-7-11-19(14)29(24-26-18-10-6-8-12-20(18)33-24)21(31)13-17-15(2)25-22-27-23(32-4)28-30(22)16(17)3/h5-12H,13H2,1-4H3. The molecule has 0 aliphatic rings. The number of hydrogen-bond donors (Lipinski definition) is 0. The van der Waals surface area contributed by atoms with Crippen LogP contribution in [0.1, 0.15) is 22.5 Å². The Hall–Kier alpha value is -3.30. The molecule has 166 valence electrons. The molecule has 33 heavy (non-hydrogen) atoms. The zero-order valence-electron chi connectivity index (χ0n) is 18.7. The van der Waals surface area contributed by atoms with Gasteiger partial charge in [-0.1, -0.05) is 53.4 Å². The summed E-state index contributed by atoms with van der Waals surface area (Å²) in [6.07, 6.45) is 2.11. The van der Waals surface area contributed by atoms with Gasteiger partial charge in [-0.2, -0.15) is 4.98 Å². The fraction of sp³-hybridized carbons (Fsp3) is 0.208. The predicted molar refractivity (Wildman–Crippen MR) is 134 cm³/mol. The fourth-order valence-electron chi connectivity index (χ4n) is 3.88. The minimum Gasteiger partial charge on any atom is -0.274 e. The highest BCUT2D eigenvalue weighted by Crippen LogP contribution is 2.35. The van der Waals surface area contributed by atoms with E-state index in [1.807, 2.05) is 75.6 Å². The third-order valence-electron chi connectivity index (χ3n) is 5.62. The van der Waals surface area contributed by atoms with E-state index in [4.69, 9.17) is 4.98 Å². The van der Waals surface area contributed by atoms with E-state index in [9.17, 15) is 4.79 Å². The smallest absolute Gasteiger partial charge is 0.253 e. The van der Waals surface area contributed by atoms with E-state index in [-0.39, 0.29) is 12.3 Å². The summed E-state index contributed by atoms with van der Waals surface area (Å²) in [5, 5.41) is 5.83. The van der Waals surface area contributed by atoms with Crippen molar-refractivity contribution >= 4 is 55.8 Å². The number of nitrogens with zero attached hydrogens (tertiary/aromatic N) is 6. The first-order chi connectivity index (χ1) is 16.0. The highest BCUT2D eigenvalue weighted by Gasteiger charge is 2.25. The Morgan fingerprint density at radius 3 is 2.55 bits per heavy atom. The molecule has 5 rings (SSSR count). The summed E-state index contributed by atoms with van der Waals surface area (Å²) in [5.41, 5.74) is 5.22. The van der Waals surface area contributed by atoms with Gasteiger partial charge in [0.25, 0.3) is 5.78 Å². The number of aromatic nitrogens is 5. The van der Waals surface area contributed by atoms with Crippen molar-refractivity contribution in [2.24, 2.45) is 0 Å². The summed E-state index contributed by atoms with van der Waals surface area (Å²) < 4.78 is 2.76. The Morgan fingerprint density at radius 1 is 1.03 bits per heavy atom. The van der Waals surface area contributed by atoms with Gasteiger partial charge in [-0.25, -0.2) is 14.5 Å². The maximum absolute atomic E-state index is 13.9. The van der Waals surface area contributed by atoms with Crippen LogP contribution in [-0.2, 0) is 11.2 Å². The van der Waals surface area contributed by atoms with Crippen molar-refractivity contribution in [3.8, 4) is 0 Å². The minimum absolute atomic E-state index is 0.0686. The molecule has 0 spiro atoms. The van der Waals surface area contributed by atoms with Crippen LogP contribution < -0.4 is 4.90 Å². The molecule has 0 saturated carbocycles. The van der Waals surface area contributed by atoms with Crippen LogP contribution in [0.4, 0.5) is 10.8 Å². The summed E-state index contributed by atoms with van der Waals surface area (Å²) in [6, 6.07) is 15.8. The molecule has 0 radical (unpaired) electrons. The lowest BCUT2D eigenvalue weighted by atomic mass is 10.1. The molecule has 0 N–H and O–H groups in total.